The predicted molar refractivity (Wildman–Crippen MR) is 80.6 cm³/mol. The van der Waals surface area contributed by atoms with Gasteiger partial charge in [0.2, 0.25) is 0 Å². The Kier molecular flexibility index (Phi) is 3.52. The molecule has 0 aromatic heterocycles. The van der Waals surface area contributed by atoms with Gasteiger partial charge in [-0.1, -0.05) is 46.3 Å². The zero-order chi connectivity index (χ0) is 13.2. The van der Waals surface area contributed by atoms with Crippen molar-refractivity contribution in [1.29, 1.82) is 0 Å². The van der Waals surface area contributed by atoms with Gasteiger partial charge in [0, 0.05) is 16.5 Å². The summed E-state index contributed by atoms with van der Waals surface area (Å²) in [6, 6.07) is 14.1. The Balaban J connectivity index is 1.80. The van der Waals surface area contributed by atoms with E-state index in [4.69, 9.17) is 0 Å². The molecule has 0 saturated heterocycles. The summed E-state index contributed by atoms with van der Waals surface area (Å²) in [7, 11) is 0. The molecule has 0 radical (unpaired) electrons. The van der Waals surface area contributed by atoms with Gasteiger partial charge < -0.3 is 0 Å². The van der Waals surface area contributed by atoms with E-state index in [1.807, 2.05) is 24.3 Å². The zero-order valence-corrected chi connectivity index (χ0v) is 12.2. The van der Waals surface area contributed by atoms with Gasteiger partial charge in [0.1, 0.15) is 0 Å². The fraction of sp³-hybridized carbons (Fsp3) is 0.235. The minimum absolute atomic E-state index is 0.180. The van der Waals surface area contributed by atoms with Crippen molar-refractivity contribution in [1.82, 2.24) is 0 Å². The van der Waals surface area contributed by atoms with Crippen LogP contribution >= 0.6 is 15.9 Å². The standard InChI is InChI=1S/C17H15BrO/c18-16-6-2-5-15(11-16)17(19)10-12-7-8-13-3-1-4-14(13)9-12/h2,5-9,11H,1,3-4,10H2. The number of hydrogen-bond acceptors (Lipinski definition) is 1. The average molecular weight is 315 g/mol. The first-order chi connectivity index (χ1) is 9.22. The van der Waals surface area contributed by atoms with Crippen molar-refractivity contribution in [2.45, 2.75) is 25.7 Å². The van der Waals surface area contributed by atoms with E-state index in [1.54, 1.807) is 0 Å². The van der Waals surface area contributed by atoms with Crippen molar-refractivity contribution >= 4 is 21.7 Å². The van der Waals surface area contributed by atoms with E-state index in [0.29, 0.717) is 6.42 Å². The van der Waals surface area contributed by atoms with Crippen molar-refractivity contribution in [2.75, 3.05) is 0 Å². The number of halogens is 1. The summed E-state index contributed by atoms with van der Waals surface area (Å²) >= 11 is 3.40. The highest BCUT2D eigenvalue weighted by molar-refractivity contribution is 9.10. The molecule has 1 aliphatic rings. The first kappa shape index (κ1) is 12.6. The van der Waals surface area contributed by atoms with Crippen LogP contribution in [-0.4, -0.2) is 5.78 Å². The van der Waals surface area contributed by atoms with Crippen molar-refractivity contribution in [3.05, 3.63) is 69.2 Å². The van der Waals surface area contributed by atoms with E-state index in [2.05, 4.69) is 34.1 Å². The molecule has 0 heterocycles. The summed E-state index contributed by atoms with van der Waals surface area (Å²) in [6.45, 7) is 0. The number of hydrogen-bond donors (Lipinski definition) is 0. The van der Waals surface area contributed by atoms with E-state index in [1.165, 1.54) is 24.0 Å². The monoisotopic (exact) mass is 314 g/mol. The molecule has 0 amide bonds. The topological polar surface area (TPSA) is 17.1 Å². The minimum atomic E-state index is 0.180. The van der Waals surface area contributed by atoms with E-state index < -0.39 is 0 Å². The van der Waals surface area contributed by atoms with Gasteiger partial charge in [-0.05, 0) is 48.1 Å². The third-order valence-electron chi connectivity index (χ3n) is 3.67. The maximum Gasteiger partial charge on any atom is 0.167 e. The highest BCUT2D eigenvalue weighted by Crippen LogP contribution is 2.23. The Morgan fingerprint density at radius 3 is 2.74 bits per heavy atom. The third kappa shape index (κ3) is 2.79. The molecule has 0 saturated carbocycles. The summed E-state index contributed by atoms with van der Waals surface area (Å²) in [4.78, 5) is 12.2. The van der Waals surface area contributed by atoms with Gasteiger partial charge in [-0.15, -0.1) is 0 Å². The van der Waals surface area contributed by atoms with Crippen LogP contribution in [0.1, 0.15) is 33.5 Å². The molecule has 0 fully saturated rings. The van der Waals surface area contributed by atoms with E-state index in [-0.39, 0.29) is 5.78 Å². The van der Waals surface area contributed by atoms with E-state index in [9.17, 15) is 4.79 Å². The number of ketones is 1. The maximum absolute atomic E-state index is 12.2. The van der Waals surface area contributed by atoms with Crippen molar-refractivity contribution < 1.29 is 4.79 Å². The van der Waals surface area contributed by atoms with Gasteiger partial charge in [0.05, 0.1) is 0 Å². The number of aryl methyl sites for hydroxylation is 2. The van der Waals surface area contributed by atoms with Crippen LogP contribution in [0.25, 0.3) is 0 Å². The van der Waals surface area contributed by atoms with Crippen LogP contribution < -0.4 is 0 Å². The molecule has 0 spiro atoms. The molecule has 0 unspecified atom stereocenters. The lowest BCUT2D eigenvalue weighted by molar-refractivity contribution is 0.0993. The Morgan fingerprint density at radius 1 is 1.05 bits per heavy atom. The van der Waals surface area contributed by atoms with Gasteiger partial charge in [0.15, 0.2) is 5.78 Å². The van der Waals surface area contributed by atoms with E-state index in [0.717, 1.165) is 22.0 Å². The van der Waals surface area contributed by atoms with Crippen LogP contribution in [0.4, 0.5) is 0 Å². The van der Waals surface area contributed by atoms with Crippen molar-refractivity contribution in [2.24, 2.45) is 0 Å². The highest BCUT2D eigenvalue weighted by Gasteiger charge is 2.13. The molecule has 1 aliphatic carbocycles. The van der Waals surface area contributed by atoms with Crippen molar-refractivity contribution in [3.63, 3.8) is 0 Å². The molecule has 2 aromatic rings. The van der Waals surface area contributed by atoms with Gasteiger partial charge >= 0.3 is 0 Å². The summed E-state index contributed by atoms with van der Waals surface area (Å²) in [5.74, 6) is 0.180. The molecule has 1 nitrogen and oxygen atoms in total. The first-order valence-corrected chi connectivity index (χ1v) is 7.41. The summed E-state index contributed by atoms with van der Waals surface area (Å²) in [5, 5.41) is 0. The first-order valence-electron chi connectivity index (χ1n) is 6.62. The predicted octanol–water partition coefficient (Wildman–Crippen LogP) is 4.36. The molecule has 2 heteroatoms. The van der Waals surface area contributed by atoms with Crippen LogP contribution in [-0.2, 0) is 19.3 Å². The zero-order valence-electron chi connectivity index (χ0n) is 10.7. The van der Waals surface area contributed by atoms with Gasteiger partial charge in [-0.25, -0.2) is 0 Å². The van der Waals surface area contributed by atoms with E-state index >= 15 is 0 Å². The van der Waals surface area contributed by atoms with Gasteiger partial charge in [0.25, 0.3) is 0 Å². The molecular formula is C17H15BrO. The molecule has 0 N–H and O–H groups in total. The number of carbonyl (C=O) groups excluding carboxylic acids is 1. The molecule has 3 rings (SSSR count). The normalized spacial score (nSPS) is 13.3. The van der Waals surface area contributed by atoms with Crippen LogP contribution in [0.3, 0.4) is 0 Å². The van der Waals surface area contributed by atoms with Crippen molar-refractivity contribution in [3.8, 4) is 0 Å². The third-order valence-corrected chi connectivity index (χ3v) is 4.17. The molecule has 0 bridgehead atoms. The molecule has 96 valence electrons. The molecule has 0 aliphatic heterocycles. The van der Waals surface area contributed by atoms with Gasteiger partial charge in [-0.3, -0.25) is 4.79 Å². The summed E-state index contributed by atoms with van der Waals surface area (Å²) in [5.41, 5.74) is 4.79. The fourth-order valence-corrected chi connectivity index (χ4v) is 3.08. The Labute approximate surface area is 121 Å². The lowest BCUT2D eigenvalue weighted by Gasteiger charge is -2.05. The Morgan fingerprint density at radius 2 is 1.89 bits per heavy atom. The Hall–Kier alpha value is -1.41. The number of fused-ring (bicyclic) bond motifs is 1. The second-order valence-corrected chi connectivity index (χ2v) is 5.98. The van der Waals surface area contributed by atoms with Crippen LogP contribution in [0.2, 0.25) is 0 Å². The summed E-state index contributed by atoms with van der Waals surface area (Å²) in [6.07, 6.45) is 4.09. The van der Waals surface area contributed by atoms with Crippen LogP contribution in [0.15, 0.2) is 46.9 Å². The SMILES string of the molecule is O=C(Cc1ccc2c(c1)CCC2)c1cccc(Br)c1. The minimum Gasteiger partial charge on any atom is -0.294 e. The average Bonchev–Trinajstić information content (AvgIpc) is 2.86. The highest BCUT2D eigenvalue weighted by atomic mass is 79.9. The second-order valence-electron chi connectivity index (χ2n) is 5.07. The fourth-order valence-electron chi connectivity index (χ4n) is 2.68. The second kappa shape index (κ2) is 5.30. The molecular weight excluding hydrogens is 300 g/mol. The summed E-state index contributed by atoms with van der Waals surface area (Å²) < 4.78 is 0.951. The smallest absolute Gasteiger partial charge is 0.167 e. The number of benzene rings is 2. The number of carbonyl (C=O) groups is 1. The number of rotatable bonds is 3. The molecule has 19 heavy (non-hydrogen) atoms. The molecule has 2 aromatic carbocycles. The Bertz CT molecular complexity index is 631. The van der Waals surface area contributed by atoms with Crippen LogP contribution in [0, 0.1) is 0 Å². The quantitative estimate of drug-likeness (QED) is 0.769. The lowest BCUT2D eigenvalue weighted by atomic mass is 10.00. The lowest BCUT2D eigenvalue weighted by Crippen LogP contribution is -2.04. The molecule has 0 atom stereocenters. The maximum atomic E-state index is 12.2. The number of Topliss-reactive ketones (excluding diaryl/α,β-unsaturated/α-hetero) is 1. The van der Waals surface area contributed by atoms with Gasteiger partial charge in [-0.2, -0.15) is 0 Å². The largest absolute Gasteiger partial charge is 0.294 e. The van der Waals surface area contributed by atoms with Crippen LogP contribution in [0.5, 0.6) is 0 Å².